The van der Waals surface area contributed by atoms with Crippen LogP contribution in [0.15, 0.2) is 18.2 Å². The summed E-state index contributed by atoms with van der Waals surface area (Å²) < 4.78 is 18.0. The molecule has 1 aliphatic heterocycles. The molecular formula is C13H18FNO. The Morgan fingerprint density at radius 2 is 2.12 bits per heavy atom. The van der Waals surface area contributed by atoms with Crippen LogP contribution >= 0.6 is 0 Å². The molecule has 2 rings (SSSR count). The zero-order valence-electron chi connectivity index (χ0n) is 9.63. The Bertz CT molecular complexity index is 348. The van der Waals surface area contributed by atoms with Crippen LogP contribution in [0.4, 0.5) is 4.39 Å². The fourth-order valence-electron chi connectivity index (χ4n) is 2.31. The molecule has 1 fully saturated rings. The summed E-state index contributed by atoms with van der Waals surface area (Å²) in [6.07, 6.45) is 2.27. The van der Waals surface area contributed by atoms with Gasteiger partial charge in [0.05, 0.1) is 7.11 Å². The van der Waals surface area contributed by atoms with Gasteiger partial charge in [-0.15, -0.1) is 0 Å². The summed E-state index contributed by atoms with van der Waals surface area (Å²) in [6.45, 7) is 1.66. The number of hydrogen-bond donors (Lipinski definition) is 1. The van der Waals surface area contributed by atoms with Crippen molar-refractivity contribution in [1.29, 1.82) is 0 Å². The summed E-state index contributed by atoms with van der Waals surface area (Å²) in [5.74, 6) is 1.22. The van der Waals surface area contributed by atoms with Crippen molar-refractivity contribution < 1.29 is 9.13 Å². The molecule has 0 saturated carbocycles. The van der Waals surface area contributed by atoms with Gasteiger partial charge < -0.3 is 10.1 Å². The number of benzene rings is 1. The van der Waals surface area contributed by atoms with Gasteiger partial charge in [0.1, 0.15) is 12.4 Å². The lowest BCUT2D eigenvalue weighted by atomic mass is 9.89. The second-order valence-electron chi connectivity index (χ2n) is 4.23. The number of rotatable bonds is 3. The number of alkyl halides is 1. The Hall–Kier alpha value is -1.09. The van der Waals surface area contributed by atoms with E-state index in [1.165, 1.54) is 5.56 Å². The first-order valence-corrected chi connectivity index (χ1v) is 5.78. The Morgan fingerprint density at radius 1 is 1.38 bits per heavy atom. The molecule has 0 unspecified atom stereocenters. The molecule has 1 aromatic carbocycles. The number of ether oxygens (including phenoxy) is 1. The van der Waals surface area contributed by atoms with E-state index in [4.69, 9.17) is 4.74 Å². The third-order valence-corrected chi connectivity index (χ3v) is 3.26. The minimum Gasteiger partial charge on any atom is -0.496 e. The molecule has 1 heterocycles. The highest BCUT2D eigenvalue weighted by Crippen LogP contribution is 2.29. The predicted molar refractivity (Wildman–Crippen MR) is 62.7 cm³/mol. The minimum absolute atomic E-state index is 0.456. The number of hydrogen-bond acceptors (Lipinski definition) is 2. The van der Waals surface area contributed by atoms with Crippen molar-refractivity contribution >= 4 is 0 Å². The molecule has 88 valence electrons. The average molecular weight is 223 g/mol. The summed E-state index contributed by atoms with van der Waals surface area (Å²) in [6, 6.07) is 5.90. The number of nitrogens with one attached hydrogen (secondary N) is 1. The molecule has 16 heavy (non-hydrogen) atoms. The zero-order chi connectivity index (χ0) is 11.4. The van der Waals surface area contributed by atoms with E-state index in [2.05, 4.69) is 11.4 Å². The zero-order valence-corrected chi connectivity index (χ0v) is 9.63. The molecule has 1 saturated heterocycles. The van der Waals surface area contributed by atoms with Gasteiger partial charge in [-0.05, 0) is 49.5 Å². The van der Waals surface area contributed by atoms with Crippen LogP contribution in [0.2, 0.25) is 0 Å². The molecule has 0 bridgehead atoms. The summed E-state index contributed by atoms with van der Waals surface area (Å²) in [4.78, 5) is 0. The largest absolute Gasteiger partial charge is 0.496 e. The topological polar surface area (TPSA) is 21.3 Å². The van der Waals surface area contributed by atoms with Gasteiger partial charge in [0.25, 0.3) is 0 Å². The monoisotopic (exact) mass is 223 g/mol. The van der Waals surface area contributed by atoms with Crippen LogP contribution in [0.1, 0.15) is 29.9 Å². The Kier molecular flexibility index (Phi) is 3.78. The molecule has 3 heteroatoms. The quantitative estimate of drug-likeness (QED) is 0.850. The normalized spacial score (nSPS) is 17.4. The van der Waals surface area contributed by atoms with Gasteiger partial charge in [-0.25, -0.2) is 4.39 Å². The first-order valence-electron chi connectivity index (χ1n) is 5.78. The fourth-order valence-corrected chi connectivity index (χ4v) is 2.31. The summed E-state index contributed by atoms with van der Waals surface area (Å²) in [5, 5.41) is 3.34. The summed E-state index contributed by atoms with van der Waals surface area (Å²) in [5.41, 5.74) is 1.91. The van der Waals surface area contributed by atoms with Gasteiger partial charge in [0, 0.05) is 5.56 Å². The maximum Gasteiger partial charge on any atom is 0.124 e. The van der Waals surface area contributed by atoms with Gasteiger partial charge in [-0.2, -0.15) is 0 Å². The number of piperidine rings is 1. The molecule has 1 N–H and O–H groups in total. The first kappa shape index (κ1) is 11.4. The third kappa shape index (κ3) is 2.35. The van der Waals surface area contributed by atoms with E-state index in [-0.39, 0.29) is 0 Å². The smallest absolute Gasteiger partial charge is 0.124 e. The molecular weight excluding hydrogens is 205 g/mol. The van der Waals surface area contributed by atoms with Crippen molar-refractivity contribution in [2.24, 2.45) is 0 Å². The highest BCUT2D eigenvalue weighted by atomic mass is 19.1. The van der Waals surface area contributed by atoms with Crippen LogP contribution in [0, 0.1) is 0 Å². The van der Waals surface area contributed by atoms with Gasteiger partial charge in [0.2, 0.25) is 0 Å². The van der Waals surface area contributed by atoms with Gasteiger partial charge >= 0.3 is 0 Å². The molecule has 0 aliphatic carbocycles. The van der Waals surface area contributed by atoms with E-state index in [9.17, 15) is 4.39 Å². The predicted octanol–water partition coefficient (Wildman–Crippen LogP) is 2.63. The Labute approximate surface area is 95.8 Å². The van der Waals surface area contributed by atoms with E-state index >= 15 is 0 Å². The lowest BCUT2D eigenvalue weighted by Gasteiger charge is -2.23. The second kappa shape index (κ2) is 5.30. The Balaban J connectivity index is 2.20. The lowest BCUT2D eigenvalue weighted by molar-refractivity contribution is 0.392. The third-order valence-electron chi connectivity index (χ3n) is 3.26. The maximum absolute atomic E-state index is 12.8. The Morgan fingerprint density at radius 3 is 2.75 bits per heavy atom. The molecule has 0 atom stereocenters. The maximum atomic E-state index is 12.8. The molecule has 2 nitrogen and oxygen atoms in total. The molecule has 1 aliphatic rings. The SMILES string of the molecule is COc1ccc(C2CCNCC2)cc1CF. The van der Waals surface area contributed by atoms with Crippen molar-refractivity contribution in [1.82, 2.24) is 5.32 Å². The highest BCUT2D eigenvalue weighted by Gasteiger charge is 2.16. The van der Waals surface area contributed by atoms with Crippen molar-refractivity contribution in [3.05, 3.63) is 29.3 Å². The summed E-state index contributed by atoms with van der Waals surface area (Å²) >= 11 is 0. The van der Waals surface area contributed by atoms with Gasteiger partial charge in [-0.3, -0.25) is 0 Å². The number of halogens is 1. The molecule has 0 amide bonds. The minimum atomic E-state index is -0.456. The lowest BCUT2D eigenvalue weighted by Crippen LogP contribution is -2.26. The van der Waals surface area contributed by atoms with Crippen molar-refractivity contribution in [3.63, 3.8) is 0 Å². The van der Waals surface area contributed by atoms with Crippen molar-refractivity contribution in [2.45, 2.75) is 25.4 Å². The van der Waals surface area contributed by atoms with E-state index < -0.39 is 6.67 Å². The van der Waals surface area contributed by atoms with Crippen molar-refractivity contribution in [3.8, 4) is 5.75 Å². The van der Waals surface area contributed by atoms with Crippen LogP contribution in [0.3, 0.4) is 0 Å². The van der Waals surface area contributed by atoms with Crippen LogP contribution < -0.4 is 10.1 Å². The summed E-state index contributed by atoms with van der Waals surface area (Å²) in [7, 11) is 1.58. The van der Waals surface area contributed by atoms with Gasteiger partial charge in [0.15, 0.2) is 0 Å². The molecule has 1 aromatic rings. The first-order chi connectivity index (χ1) is 7.85. The van der Waals surface area contributed by atoms with E-state index in [1.54, 1.807) is 7.11 Å². The van der Waals surface area contributed by atoms with E-state index in [0.717, 1.165) is 25.9 Å². The van der Waals surface area contributed by atoms with Crippen LogP contribution in [-0.2, 0) is 6.67 Å². The average Bonchev–Trinajstić information content (AvgIpc) is 2.39. The van der Waals surface area contributed by atoms with Crippen LogP contribution in [-0.4, -0.2) is 20.2 Å². The van der Waals surface area contributed by atoms with Crippen LogP contribution in [0.5, 0.6) is 5.75 Å². The van der Waals surface area contributed by atoms with E-state index in [1.807, 2.05) is 12.1 Å². The fraction of sp³-hybridized carbons (Fsp3) is 0.538. The molecule has 0 aromatic heterocycles. The van der Waals surface area contributed by atoms with Crippen molar-refractivity contribution in [2.75, 3.05) is 20.2 Å². The number of methoxy groups -OCH3 is 1. The van der Waals surface area contributed by atoms with Crippen LogP contribution in [0.25, 0.3) is 0 Å². The molecule has 0 spiro atoms. The highest BCUT2D eigenvalue weighted by molar-refractivity contribution is 5.38. The molecule has 0 radical (unpaired) electrons. The standard InChI is InChI=1S/C13H18FNO/c1-16-13-3-2-11(8-12(13)9-14)10-4-6-15-7-5-10/h2-3,8,10,15H,4-7,9H2,1H3. The second-order valence-corrected chi connectivity index (χ2v) is 4.23. The van der Waals surface area contributed by atoms with Gasteiger partial charge in [-0.1, -0.05) is 6.07 Å². The van der Waals surface area contributed by atoms with E-state index in [0.29, 0.717) is 17.2 Å².